The predicted octanol–water partition coefficient (Wildman–Crippen LogP) is 3.60. The maximum absolute atomic E-state index is 13.2. The van der Waals surface area contributed by atoms with Gasteiger partial charge in [0.15, 0.2) is 0 Å². The van der Waals surface area contributed by atoms with Crippen molar-refractivity contribution in [3.8, 4) is 0 Å². The average molecular weight is 286 g/mol. The van der Waals surface area contributed by atoms with Crippen LogP contribution in [-0.4, -0.2) is 12.1 Å². The lowest BCUT2D eigenvalue weighted by Crippen LogP contribution is -2.54. The van der Waals surface area contributed by atoms with Gasteiger partial charge in [0, 0.05) is 11.6 Å². The van der Waals surface area contributed by atoms with E-state index in [1.807, 2.05) is 6.92 Å². The van der Waals surface area contributed by atoms with Gasteiger partial charge in [-0.3, -0.25) is 4.84 Å². The topological polar surface area (TPSA) is 38.5 Å². The zero-order valence-corrected chi connectivity index (χ0v) is 11.2. The van der Waals surface area contributed by atoms with Crippen LogP contribution in [0.3, 0.4) is 0 Å². The fourth-order valence-electron chi connectivity index (χ4n) is 3.36. The van der Waals surface area contributed by atoms with E-state index >= 15 is 0 Å². The molecule has 2 N–H and O–H groups in total. The fourth-order valence-corrected chi connectivity index (χ4v) is 3.36. The third-order valence-corrected chi connectivity index (χ3v) is 4.65. The molecule has 0 amide bonds. The van der Waals surface area contributed by atoms with Gasteiger partial charge in [-0.15, -0.1) is 0 Å². The van der Waals surface area contributed by atoms with Gasteiger partial charge < -0.3 is 5.73 Å². The van der Waals surface area contributed by atoms with Crippen LogP contribution in [0.15, 0.2) is 18.2 Å². The molecule has 3 nitrogen and oxygen atoms in total. The maximum Gasteiger partial charge on any atom is 0.418 e. The van der Waals surface area contributed by atoms with Crippen LogP contribution in [0, 0.1) is 5.92 Å². The minimum absolute atomic E-state index is 0.0794. The Morgan fingerprint density at radius 3 is 2.75 bits per heavy atom. The van der Waals surface area contributed by atoms with E-state index in [-0.39, 0.29) is 16.9 Å². The smallest absolute Gasteiger partial charge is 0.399 e. The molecule has 1 saturated heterocycles. The lowest BCUT2D eigenvalue weighted by molar-refractivity contribution is -0.137. The number of benzene rings is 1. The van der Waals surface area contributed by atoms with Crippen molar-refractivity contribution in [3.63, 3.8) is 0 Å². The molecule has 110 valence electrons. The first-order chi connectivity index (χ1) is 9.38. The van der Waals surface area contributed by atoms with Crippen LogP contribution in [0.4, 0.5) is 24.5 Å². The predicted molar refractivity (Wildman–Crippen MR) is 70.0 cm³/mol. The molecule has 1 aliphatic heterocycles. The van der Waals surface area contributed by atoms with E-state index in [1.54, 1.807) is 0 Å². The summed E-state index contributed by atoms with van der Waals surface area (Å²) in [5.41, 5.74) is 4.69. The molecule has 0 aromatic heterocycles. The molecule has 1 aromatic carbocycles. The Labute approximate surface area is 115 Å². The minimum Gasteiger partial charge on any atom is -0.399 e. The molecule has 0 radical (unpaired) electrons. The standard InChI is InChI=1S/C14H17F3N2O/c1-2-13-6-5-9(13)8-20-19(13)12-4-3-10(18)7-11(12)14(15,16)17/h3-4,7,9H,2,5-6,8,18H2,1H3. The third kappa shape index (κ3) is 1.78. The summed E-state index contributed by atoms with van der Waals surface area (Å²) in [5.74, 6) is 0.325. The Morgan fingerprint density at radius 2 is 2.20 bits per heavy atom. The SMILES string of the molecule is CCC12CCC1CON2c1ccc(N)cc1C(F)(F)F. The van der Waals surface area contributed by atoms with Gasteiger partial charge in [-0.1, -0.05) is 6.92 Å². The molecule has 2 fully saturated rings. The van der Waals surface area contributed by atoms with Crippen LogP contribution in [0.25, 0.3) is 0 Å². The van der Waals surface area contributed by atoms with Crippen molar-refractivity contribution in [1.82, 2.24) is 0 Å². The second kappa shape index (κ2) is 4.28. The van der Waals surface area contributed by atoms with E-state index in [9.17, 15) is 13.2 Å². The summed E-state index contributed by atoms with van der Waals surface area (Å²) in [6, 6.07) is 3.88. The molecular formula is C14H17F3N2O. The molecule has 1 saturated carbocycles. The molecule has 6 heteroatoms. The lowest BCUT2D eigenvalue weighted by atomic mass is 9.66. The van der Waals surface area contributed by atoms with Gasteiger partial charge in [0.25, 0.3) is 0 Å². The van der Waals surface area contributed by atoms with E-state index in [4.69, 9.17) is 10.6 Å². The van der Waals surface area contributed by atoms with Crippen LogP contribution in [0.1, 0.15) is 31.7 Å². The van der Waals surface area contributed by atoms with E-state index in [0.29, 0.717) is 12.5 Å². The molecule has 1 heterocycles. The Balaban J connectivity index is 2.07. The number of nitrogen functional groups attached to an aromatic ring is 1. The zero-order chi connectivity index (χ0) is 14.5. The maximum atomic E-state index is 13.2. The van der Waals surface area contributed by atoms with Gasteiger partial charge in [-0.2, -0.15) is 13.2 Å². The molecule has 2 atom stereocenters. The van der Waals surface area contributed by atoms with E-state index in [0.717, 1.165) is 25.3 Å². The Hall–Kier alpha value is -1.43. The summed E-state index contributed by atoms with van der Waals surface area (Å²) in [6.07, 6.45) is -1.78. The number of anilines is 2. The summed E-state index contributed by atoms with van der Waals surface area (Å²) in [6.45, 7) is 2.49. The normalized spacial score (nSPS) is 29.2. The Kier molecular flexibility index (Phi) is 2.90. The van der Waals surface area contributed by atoms with Crippen molar-refractivity contribution < 1.29 is 18.0 Å². The highest BCUT2D eigenvalue weighted by Gasteiger charge is 2.56. The monoisotopic (exact) mass is 286 g/mol. The summed E-state index contributed by atoms with van der Waals surface area (Å²) in [7, 11) is 0. The second-order valence-electron chi connectivity index (χ2n) is 5.56. The number of hydrogen-bond acceptors (Lipinski definition) is 3. The number of hydrogen-bond donors (Lipinski definition) is 1. The number of alkyl halides is 3. The number of fused-ring (bicyclic) bond motifs is 1. The van der Waals surface area contributed by atoms with Gasteiger partial charge in [0.1, 0.15) is 0 Å². The molecule has 0 spiro atoms. The van der Waals surface area contributed by atoms with Crippen molar-refractivity contribution >= 4 is 11.4 Å². The highest BCUT2D eigenvalue weighted by atomic mass is 19.4. The molecule has 2 aliphatic rings. The van der Waals surface area contributed by atoms with Gasteiger partial charge >= 0.3 is 6.18 Å². The molecular weight excluding hydrogens is 269 g/mol. The number of rotatable bonds is 2. The molecule has 3 rings (SSSR count). The highest BCUT2D eigenvalue weighted by Crippen LogP contribution is 2.53. The number of halogens is 3. The van der Waals surface area contributed by atoms with E-state index < -0.39 is 11.7 Å². The van der Waals surface area contributed by atoms with Crippen LogP contribution in [-0.2, 0) is 11.0 Å². The van der Waals surface area contributed by atoms with Crippen LogP contribution in [0.5, 0.6) is 0 Å². The quantitative estimate of drug-likeness (QED) is 0.844. The van der Waals surface area contributed by atoms with E-state index in [1.165, 1.54) is 17.2 Å². The first-order valence-electron chi connectivity index (χ1n) is 6.78. The van der Waals surface area contributed by atoms with Crippen LogP contribution in [0.2, 0.25) is 0 Å². The van der Waals surface area contributed by atoms with Crippen molar-refractivity contribution in [2.75, 3.05) is 17.4 Å². The van der Waals surface area contributed by atoms with Crippen molar-refractivity contribution in [2.45, 2.75) is 37.9 Å². The number of hydroxylamine groups is 1. The van der Waals surface area contributed by atoms with Gasteiger partial charge in [-0.05, 0) is 37.5 Å². The van der Waals surface area contributed by atoms with Crippen molar-refractivity contribution in [1.29, 1.82) is 0 Å². The molecule has 20 heavy (non-hydrogen) atoms. The number of nitrogens with zero attached hydrogens (tertiary/aromatic N) is 1. The largest absolute Gasteiger partial charge is 0.418 e. The summed E-state index contributed by atoms with van der Waals surface area (Å²) in [5, 5.41) is 1.49. The van der Waals surface area contributed by atoms with Crippen LogP contribution >= 0.6 is 0 Å². The summed E-state index contributed by atoms with van der Waals surface area (Å²) < 4.78 is 39.6. The molecule has 1 aromatic rings. The van der Waals surface area contributed by atoms with Crippen LogP contribution < -0.4 is 10.8 Å². The highest BCUT2D eigenvalue weighted by molar-refractivity contribution is 5.61. The van der Waals surface area contributed by atoms with Gasteiger partial charge in [-0.25, -0.2) is 5.06 Å². The first-order valence-corrected chi connectivity index (χ1v) is 6.78. The first kappa shape index (κ1) is 13.5. The average Bonchev–Trinajstić information content (AvgIpc) is 2.60. The third-order valence-electron chi connectivity index (χ3n) is 4.65. The molecule has 2 unspecified atom stereocenters. The number of nitrogens with two attached hydrogens (primary N) is 1. The van der Waals surface area contributed by atoms with Crippen molar-refractivity contribution in [3.05, 3.63) is 23.8 Å². The van der Waals surface area contributed by atoms with Gasteiger partial charge in [0.2, 0.25) is 0 Å². The van der Waals surface area contributed by atoms with Gasteiger partial charge in [0.05, 0.1) is 23.4 Å². The fraction of sp³-hybridized carbons (Fsp3) is 0.571. The molecule has 1 aliphatic carbocycles. The van der Waals surface area contributed by atoms with Crippen molar-refractivity contribution in [2.24, 2.45) is 5.92 Å². The minimum atomic E-state index is -4.44. The Morgan fingerprint density at radius 1 is 1.45 bits per heavy atom. The molecule has 0 bridgehead atoms. The Bertz CT molecular complexity index is 528. The zero-order valence-electron chi connectivity index (χ0n) is 11.2. The van der Waals surface area contributed by atoms with E-state index in [2.05, 4.69) is 0 Å². The second-order valence-corrected chi connectivity index (χ2v) is 5.56. The summed E-state index contributed by atoms with van der Waals surface area (Å²) in [4.78, 5) is 5.59. The summed E-state index contributed by atoms with van der Waals surface area (Å²) >= 11 is 0. The lowest BCUT2D eigenvalue weighted by Gasteiger charge is -2.48.